The molecule has 0 bridgehead atoms. The van der Waals surface area contributed by atoms with Crippen molar-refractivity contribution in [2.24, 2.45) is 0 Å². The summed E-state index contributed by atoms with van der Waals surface area (Å²) in [7, 11) is 0. The molecule has 0 unspecified atom stereocenters. The van der Waals surface area contributed by atoms with Gasteiger partial charge in [-0.05, 0) is 63.6 Å². The molecule has 0 spiro atoms. The molecule has 2 heteroatoms. The van der Waals surface area contributed by atoms with Crippen LogP contribution in [0.25, 0.3) is 33.1 Å². The van der Waals surface area contributed by atoms with Crippen LogP contribution in [0.4, 0.5) is 11.4 Å². The minimum atomic E-state index is -0.00234. The molecule has 1 aliphatic carbocycles. The maximum absolute atomic E-state index is 6.08. The number of rotatable bonds is 2. The lowest BCUT2D eigenvalue weighted by atomic mass is 9.79. The van der Waals surface area contributed by atoms with Crippen LogP contribution in [0.3, 0.4) is 0 Å². The molecule has 33 heavy (non-hydrogen) atoms. The molecule has 5 aromatic rings. The highest BCUT2D eigenvalue weighted by molar-refractivity contribution is 6.05. The van der Waals surface area contributed by atoms with Crippen LogP contribution in [-0.2, 0) is 10.8 Å². The zero-order valence-corrected chi connectivity index (χ0v) is 19.9. The normalized spacial score (nSPS) is 14.5. The van der Waals surface area contributed by atoms with Crippen molar-refractivity contribution in [1.82, 2.24) is 0 Å². The molecule has 0 aliphatic heterocycles. The fourth-order valence-corrected chi connectivity index (χ4v) is 5.27. The number of hydrogen-bond acceptors (Lipinski definition) is 2. The minimum Gasteiger partial charge on any atom is -0.456 e. The zero-order valence-electron chi connectivity index (χ0n) is 19.9. The van der Waals surface area contributed by atoms with E-state index in [0.29, 0.717) is 0 Å². The molecule has 0 amide bonds. The van der Waals surface area contributed by atoms with Gasteiger partial charge in [0.2, 0.25) is 0 Å². The summed E-state index contributed by atoms with van der Waals surface area (Å²) in [6.45, 7) is 11.5. The summed E-state index contributed by atoms with van der Waals surface area (Å²) in [5.41, 5.74) is 11.0. The van der Waals surface area contributed by atoms with Gasteiger partial charge in [-0.3, -0.25) is 0 Å². The van der Waals surface area contributed by atoms with Crippen LogP contribution in [0.1, 0.15) is 51.3 Å². The van der Waals surface area contributed by atoms with Crippen molar-refractivity contribution in [2.45, 2.75) is 45.4 Å². The quantitative estimate of drug-likeness (QED) is 0.302. The highest BCUT2D eigenvalue weighted by atomic mass is 16.3. The monoisotopic (exact) mass is 431 g/mol. The molecule has 0 radical (unpaired) electrons. The molecule has 0 fully saturated rings. The van der Waals surface area contributed by atoms with Gasteiger partial charge in [0.15, 0.2) is 0 Å². The van der Waals surface area contributed by atoms with E-state index in [4.69, 9.17) is 4.42 Å². The summed E-state index contributed by atoms with van der Waals surface area (Å²) >= 11 is 0. The van der Waals surface area contributed by atoms with Crippen molar-refractivity contribution in [3.8, 4) is 11.1 Å². The number of benzene rings is 4. The summed E-state index contributed by atoms with van der Waals surface area (Å²) in [5.74, 6) is 0. The number of fused-ring (bicyclic) bond motifs is 6. The Morgan fingerprint density at radius 3 is 2.21 bits per heavy atom. The van der Waals surface area contributed by atoms with Gasteiger partial charge in [-0.25, -0.2) is 0 Å². The molecular formula is C31H29NO. The van der Waals surface area contributed by atoms with Crippen molar-refractivity contribution < 1.29 is 4.42 Å². The average Bonchev–Trinajstić information content (AvgIpc) is 3.25. The number of furan rings is 1. The van der Waals surface area contributed by atoms with Gasteiger partial charge in [0, 0.05) is 33.6 Å². The standard InChI is InChI=1S/C31H29NO/c1-30(2,3)19-10-13-22-25-17-20(12-15-26(25)31(4,5)27(22)16-19)32-21-11-14-24-23-8-6-7-9-28(23)33-29(24)18-21/h6-18,32H,1-5H3. The van der Waals surface area contributed by atoms with E-state index in [1.807, 2.05) is 12.1 Å². The third-order valence-electron chi connectivity index (χ3n) is 7.21. The fraction of sp³-hybridized carbons (Fsp3) is 0.226. The number of hydrogen-bond donors (Lipinski definition) is 1. The van der Waals surface area contributed by atoms with E-state index in [1.165, 1.54) is 27.8 Å². The Morgan fingerprint density at radius 1 is 0.667 bits per heavy atom. The number of nitrogens with one attached hydrogen (secondary N) is 1. The molecule has 1 N–H and O–H groups in total. The molecule has 0 saturated heterocycles. The predicted molar refractivity (Wildman–Crippen MR) is 140 cm³/mol. The molecule has 4 aromatic carbocycles. The number of para-hydroxylation sites is 1. The van der Waals surface area contributed by atoms with Crippen LogP contribution >= 0.6 is 0 Å². The van der Waals surface area contributed by atoms with Crippen LogP contribution < -0.4 is 5.32 Å². The first kappa shape index (κ1) is 20.1. The fourth-order valence-electron chi connectivity index (χ4n) is 5.27. The number of anilines is 2. The maximum atomic E-state index is 6.08. The second-order valence-corrected chi connectivity index (χ2v) is 10.8. The molecule has 6 rings (SSSR count). The smallest absolute Gasteiger partial charge is 0.137 e. The summed E-state index contributed by atoms with van der Waals surface area (Å²) in [5, 5.41) is 5.91. The molecule has 2 nitrogen and oxygen atoms in total. The van der Waals surface area contributed by atoms with Crippen LogP contribution in [-0.4, -0.2) is 0 Å². The highest BCUT2D eigenvalue weighted by Crippen LogP contribution is 2.50. The van der Waals surface area contributed by atoms with E-state index in [0.717, 1.165) is 33.3 Å². The van der Waals surface area contributed by atoms with E-state index < -0.39 is 0 Å². The maximum Gasteiger partial charge on any atom is 0.137 e. The van der Waals surface area contributed by atoms with Crippen LogP contribution in [0.2, 0.25) is 0 Å². The van der Waals surface area contributed by atoms with Gasteiger partial charge >= 0.3 is 0 Å². The first-order chi connectivity index (χ1) is 15.7. The van der Waals surface area contributed by atoms with Gasteiger partial charge in [0.05, 0.1) is 0 Å². The second-order valence-electron chi connectivity index (χ2n) is 10.8. The van der Waals surface area contributed by atoms with E-state index in [9.17, 15) is 0 Å². The molecule has 0 atom stereocenters. The lowest BCUT2D eigenvalue weighted by molar-refractivity contribution is 0.584. The lowest BCUT2D eigenvalue weighted by Crippen LogP contribution is -2.17. The molecule has 0 saturated carbocycles. The second kappa shape index (κ2) is 6.74. The third kappa shape index (κ3) is 3.08. The van der Waals surface area contributed by atoms with Gasteiger partial charge in [-0.15, -0.1) is 0 Å². The molecule has 1 heterocycles. The van der Waals surface area contributed by atoms with Crippen LogP contribution in [0.15, 0.2) is 83.3 Å². The Morgan fingerprint density at radius 2 is 1.39 bits per heavy atom. The molecule has 1 aliphatic rings. The summed E-state index contributed by atoms with van der Waals surface area (Å²) in [4.78, 5) is 0. The van der Waals surface area contributed by atoms with Gasteiger partial charge in [0.1, 0.15) is 11.2 Å². The van der Waals surface area contributed by atoms with E-state index in [1.54, 1.807) is 0 Å². The van der Waals surface area contributed by atoms with E-state index in [2.05, 4.69) is 107 Å². The average molecular weight is 432 g/mol. The van der Waals surface area contributed by atoms with Gasteiger partial charge in [-0.2, -0.15) is 0 Å². The van der Waals surface area contributed by atoms with Crippen molar-refractivity contribution >= 4 is 33.3 Å². The van der Waals surface area contributed by atoms with Gasteiger partial charge in [-0.1, -0.05) is 77.1 Å². The summed E-state index contributed by atoms with van der Waals surface area (Å²) < 4.78 is 6.08. The third-order valence-corrected chi connectivity index (χ3v) is 7.21. The van der Waals surface area contributed by atoms with Crippen molar-refractivity contribution in [1.29, 1.82) is 0 Å². The minimum absolute atomic E-state index is 0.00234. The van der Waals surface area contributed by atoms with Crippen LogP contribution in [0.5, 0.6) is 0 Å². The molecular weight excluding hydrogens is 402 g/mol. The molecule has 164 valence electrons. The zero-order chi connectivity index (χ0) is 23.0. The first-order valence-electron chi connectivity index (χ1n) is 11.7. The SMILES string of the molecule is CC(C)(C)c1ccc2c(c1)C(C)(C)c1ccc(Nc3ccc4c(c3)oc3ccccc34)cc1-2. The van der Waals surface area contributed by atoms with E-state index >= 15 is 0 Å². The lowest BCUT2D eigenvalue weighted by Gasteiger charge is -2.25. The van der Waals surface area contributed by atoms with Crippen molar-refractivity contribution in [3.05, 3.63) is 95.6 Å². The Hall–Kier alpha value is -3.52. The molecule has 1 aromatic heterocycles. The Bertz CT molecular complexity index is 1550. The van der Waals surface area contributed by atoms with Gasteiger partial charge in [0.25, 0.3) is 0 Å². The first-order valence-corrected chi connectivity index (χ1v) is 11.7. The largest absolute Gasteiger partial charge is 0.456 e. The van der Waals surface area contributed by atoms with Crippen molar-refractivity contribution in [2.75, 3.05) is 5.32 Å². The van der Waals surface area contributed by atoms with Crippen LogP contribution in [0, 0.1) is 0 Å². The van der Waals surface area contributed by atoms with Crippen molar-refractivity contribution in [3.63, 3.8) is 0 Å². The predicted octanol–water partition coefficient (Wildman–Crippen LogP) is 8.93. The Kier molecular flexibility index (Phi) is 4.11. The van der Waals surface area contributed by atoms with E-state index in [-0.39, 0.29) is 10.8 Å². The highest BCUT2D eigenvalue weighted by Gasteiger charge is 2.36. The van der Waals surface area contributed by atoms with Gasteiger partial charge < -0.3 is 9.73 Å². The summed E-state index contributed by atoms with van der Waals surface area (Å²) in [6, 6.07) is 28.4. The Balaban J connectivity index is 1.39. The summed E-state index contributed by atoms with van der Waals surface area (Å²) in [6.07, 6.45) is 0. The Labute approximate surface area is 195 Å². The topological polar surface area (TPSA) is 25.2 Å².